The smallest absolute Gasteiger partial charge is 0.221 e. The van der Waals surface area contributed by atoms with Crippen LogP contribution in [0.4, 0.5) is 0 Å². The number of amides is 1. The molecule has 0 bridgehead atoms. The van der Waals surface area contributed by atoms with Crippen LogP contribution >= 0.6 is 0 Å². The van der Waals surface area contributed by atoms with Crippen molar-refractivity contribution in [1.29, 1.82) is 0 Å². The molecule has 16 heavy (non-hydrogen) atoms. The summed E-state index contributed by atoms with van der Waals surface area (Å²) in [5.74, 6) is 0.117. The van der Waals surface area contributed by atoms with Crippen molar-refractivity contribution in [2.24, 2.45) is 0 Å². The van der Waals surface area contributed by atoms with Gasteiger partial charge in [-0.2, -0.15) is 0 Å². The van der Waals surface area contributed by atoms with E-state index in [9.17, 15) is 4.79 Å². The molecule has 0 aromatic heterocycles. The zero-order chi connectivity index (χ0) is 12.0. The molecule has 1 aliphatic heterocycles. The highest BCUT2D eigenvalue weighted by Crippen LogP contribution is 2.07. The minimum Gasteiger partial charge on any atom is -0.380 e. The number of hydrogen-bond acceptors (Lipinski definition) is 3. The molecular weight excluding hydrogens is 204 g/mol. The monoisotopic (exact) mass is 228 g/mol. The Balaban J connectivity index is 2.18. The van der Waals surface area contributed by atoms with E-state index in [0.717, 1.165) is 26.1 Å². The van der Waals surface area contributed by atoms with Gasteiger partial charge in [0, 0.05) is 31.2 Å². The third kappa shape index (κ3) is 5.47. The standard InChI is InChI=1S/C12H24N2O2/c1-9(2)13-12(15)7-10(3)14-11-5-4-6-16-8-11/h9-11,14H,4-8H2,1-3H3,(H,13,15). The van der Waals surface area contributed by atoms with Crippen molar-refractivity contribution in [3.8, 4) is 0 Å². The van der Waals surface area contributed by atoms with Crippen LogP contribution in [0.15, 0.2) is 0 Å². The summed E-state index contributed by atoms with van der Waals surface area (Å²) in [5, 5.41) is 6.34. The molecule has 2 atom stereocenters. The topological polar surface area (TPSA) is 50.4 Å². The maximum Gasteiger partial charge on any atom is 0.221 e. The van der Waals surface area contributed by atoms with E-state index in [-0.39, 0.29) is 18.0 Å². The van der Waals surface area contributed by atoms with Crippen molar-refractivity contribution in [2.75, 3.05) is 13.2 Å². The maximum atomic E-state index is 11.5. The Morgan fingerprint density at radius 1 is 1.44 bits per heavy atom. The van der Waals surface area contributed by atoms with Gasteiger partial charge in [0.25, 0.3) is 0 Å². The first-order chi connectivity index (χ1) is 7.58. The predicted octanol–water partition coefficient (Wildman–Crippen LogP) is 1.06. The van der Waals surface area contributed by atoms with Crippen LogP contribution in [0.3, 0.4) is 0 Å². The van der Waals surface area contributed by atoms with Crippen LogP contribution in [0.25, 0.3) is 0 Å². The van der Waals surface area contributed by atoms with Crippen LogP contribution in [0.2, 0.25) is 0 Å². The summed E-state index contributed by atoms with van der Waals surface area (Å²) in [6.07, 6.45) is 2.80. The van der Waals surface area contributed by atoms with Crippen molar-refractivity contribution < 1.29 is 9.53 Å². The Kier molecular flexibility index (Phi) is 5.77. The average molecular weight is 228 g/mol. The fraction of sp³-hybridized carbons (Fsp3) is 0.917. The van der Waals surface area contributed by atoms with Crippen LogP contribution in [-0.4, -0.2) is 37.2 Å². The van der Waals surface area contributed by atoms with Gasteiger partial charge >= 0.3 is 0 Å². The number of ether oxygens (including phenoxy) is 1. The van der Waals surface area contributed by atoms with Crippen LogP contribution in [0.5, 0.6) is 0 Å². The molecule has 2 unspecified atom stereocenters. The second-order valence-corrected chi connectivity index (χ2v) is 4.91. The third-order valence-electron chi connectivity index (χ3n) is 2.62. The van der Waals surface area contributed by atoms with E-state index in [1.165, 1.54) is 0 Å². The van der Waals surface area contributed by atoms with Crippen LogP contribution in [-0.2, 0) is 9.53 Å². The molecule has 94 valence electrons. The van der Waals surface area contributed by atoms with E-state index in [0.29, 0.717) is 12.5 Å². The van der Waals surface area contributed by atoms with E-state index in [1.54, 1.807) is 0 Å². The first kappa shape index (κ1) is 13.5. The Bertz CT molecular complexity index is 213. The van der Waals surface area contributed by atoms with Crippen molar-refractivity contribution >= 4 is 5.91 Å². The zero-order valence-corrected chi connectivity index (χ0v) is 10.6. The van der Waals surface area contributed by atoms with Crippen LogP contribution in [0.1, 0.15) is 40.0 Å². The molecule has 1 heterocycles. The lowest BCUT2D eigenvalue weighted by Crippen LogP contribution is -2.44. The summed E-state index contributed by atoms with van der Waals surface area (Å²) in [6.45, 7) is 7.65. The number of nitrogens with one attached hydrogen (secondary N) is 2. The van der Waals surface area contributed by atoms with Gasteiger partial charge < -0.3 is 15.4 Å². The first-order valence-electron chi connectivity index (χ1n) is 6.21. The molecule has 1 saturated heterocycles. The van der Waals surface area contributed by atoms with Crippen molar-refractivity contribution in [3.63, 3.8) is 0 Å². The molecule has 1 aliphatic rings. The molecule has 0 radical (unpaired) electrons. The molecule has 1 fully saturated rings. The van der Waals surface area contributed by atoms with E-state index in [2.05, 4.69) is 17.6 Å². The molecule has 2 N–H and O–H groups in total. The summed E-state index contributed by atoms with van der Waals surface area (Å²) in [4.78, 5) is 11.5. The predicted molar refractivity (Wildman–Crippen MR) is 64.3 cm³/mol. The van der Waals surface area contributed by atoms with E-state index in [4.69, 9.17) is 4.74 Å². The fourth-order valence-corrected chi connectivity index (χ4v) is 1.99. The number of carbonyl (C=O) groups is 1. The largest absolute Gasteiger partial charge is 0.380 e. The molecule has 0 spiro atoms. The summed E-state index contributed by atoms with van der Waals surface area (Å²) in [7, 11) is 0. The average Bonchev–Trinajstić information content (AvgIpc) is 2.17. The van der Waals surface area contributed by atoms with Crippen molar-refractivity contribution in [2.45, 2.75) is 58.2 Å². The summed E-state index contributed by atoms with van der Waals surface area (Å²) >= 11 is 0. The van der Waals surface area contributed by atoms with Gasteiger partial charge in [-0.15, -0.1) is 0 Å². The van der Waals surface area contributed by atoms with Gasteiger partial charge in [0.2, 0.25) is 5.91 Å². The second kappa shape index (κ2) is 6.86. The van der Waals surface area contributed by atoms with Crippen molar-refractivity contribution in [3.05, 3.63) is 0 Å². The molecule has 0 saturated carbocycles. The van der Waals surface area contributed by atoms with Crippen LogP contribution < -0.4 is 10.6 Å². The van der Waals surface area contributed by atoms with E-state index >= 15 is 0 Å². The van der Waals surface area contributed by atoms with E-state index < -0.39 is 0 Å². The van der Waals surface area contributed by atoms with Crippen molar-refractivity contribution in [1.82, 2.24) is 10.6 Å². The van der Waals surface area contributed by atoms with Gasteiger partial charge in [-0.05, 0) is 33.6 Å². The Hall–Kier alpha value is -0.610. The fourth-order valence-electron chi connectivity index (χ4n) is 1.99. The summed E-state index contributed by atoms with van der Waals surface area (Å²) in [5.41, 5.74) is 0. The Morgan fingerprint density at radius 3 is 2.75 bits per heavy atom. The second-order valence-electron chi connectivity index (χ2n) is 4.91. The third-order valence-corrected chi connectivity index (χ3v) is 2.62. The molecule has 1 amide bonds. The maximum absolute atomic E-state index is 11.5. The lowest BCUT2D eigenvalue weighted by atomic mass is 10.1. The lowest BCUT2D eigenvalue weighted by molar-refractivity contribution is -0.122. The highest BCUT2D eigenvalue weighted by Gasteiger charge is 2.17. The SMILES string of the molecule is CC(C)NC(=O)CC(C)NC1CCCOC1. The highest BCUT2D eigenvalue weighted by atomic mass is 16.5. The number of rotatable bonds is 5. The quantitative estimate of drug-likeness (QED) is 0.739. The first-order valence-corrected chi connectivity index (χ1v) is 6.21. The van der Waals surface area contributed by atoms with Gasteiger partial charge in [0.1, 0.15) is 0 Å². The number of carbonyl (C=O) groups excluding carboxylic acids is 1. The molecule has 1 rings (SSSR count). The van der Waals surface area contributed by atoms with Crippen LogP contribution in [0, 0.1) is 0 Å². The van der Waals surface area contributed by atoms with E-state index in [1.807, 2.05) is 13.8 Å². The normalized spacial score (nSPS) is 23.1. The van der Waals surface area contributed by atoms with Gasteiger partial charge in [-0.3, -0.25) is 4.79 Å². The number of hydrogen-bond donors (Lipinski definition) is 2. The molecule has 0 aromatic carbocycles. The Labute approximate surface area is 98.1 Å². The van der Waals surface area contributed by atoms with Gasteiger partial charge in [0.15, 0.2) is 0 Å². The minimum absolute atomic E-state index is 0.117. The lowest BCUT2D eigenvalue weighted by Gasteiger charge is -2.26. The minimum atomic E-state index is 0.117. The van der Waals surface area contributed by atoms with Gasteiger partial charge in [-0.25, -0.2) is 0 Å². The molecule has 4 heteroatoms. The summed E-state index contributed by atoms with van der Waals surface area (Å²) < 4.78 is 5.39. The highest BCUT2D eigenvalue weighted by molar-refractivity contribution is 5.76. The van der Waals surface area contributed by atoms with Gasteiger partial charge in [0.05, 0.1) is 6.61 Å². The van der Waals surface area contributed by atoms with Gasteiger partial charge in [-0.1, -0.05) is 0 Å². The molecule has 0 aliphatic carbocycles. The Morgan fingerprint density at radius 2 is 2.19 bits per heavy atom. The summed E-state index contributed by atoms with van der Waals surface area (Å²) in [6, 6.07) is 0.846. The molecular formula is C12H24N2O2. The molecule has 0 aromatic rings. The zero-order valence-electron chi connectivity index (χ0n) is 10.6. The molecule has 4 nitrogen and oxygen atoms in total.